The first-order chi connectivity index (χ1) is 7.16. The van der Waals surface area contributed by atoms with Gasteiger partial charge in [0.05, 0.1) is 13.0 Å². The number of hydrogen-bond acceptors (Lipinski definition) is 6. The summed E-state index contributed by atoms with van der Waals surface area (Å²) in [5.74, 6) is -3.50. The van der Waals surface area contributed by atoms with Crippen LogP contribution in [0.15, 0.2) is 0 Å². The fraction of sp³-hybridized carbons (Fsp3) is 0.667. The largest absolute Gasteiger partial charge is 0.481 e. The normalized spacial score (nSPS) is 12.2. The van der Waals surface area contributed by atoms with Crippen molar-refractivity contribution in [2.45, 2.75) is 11.7 Å². The summed E-state index contributed by atoms with van der Waals surface area (Å²) in [6.45, 7) is 0.472. The van der Waals surface area contributed by atoms with Gasteiger partial charge in [-0.05, 0) is 0 Å². The molecule has 9 nitrogen and oxygen atoms in total. The Bertz CT molecular complexity index is 321. The summed E-state index contributed by atoms with van der Waals surface area (Å²) < 4.78 is 28.7. The van der Waals surface area contributed by atoms with Gasteiger partial charge >= 0.3 is 11.9 Å². The number of carbonyl (C=O) groups is 2. The number of aliphatic carboxylic acids is 2. The van der Waals surface area contributed by atoms with E-state index in [1.807, 2.05) is 0 Å². The molecule has 0 bridgehead atoms. The lowest BCUT2D eigenvalue weighted by Gasteiger charge is -2.04. The lowest BCUT2D eigenvalue weighted by molar-refractivity contribution is -0.143. The first kappa shape index (κ1) is 17.2. The molecule has 10 heteroatoms. The highest BCUT2D eigenvalue weighted by atomic mass is 32.2. The number of nitrogens with two attached hydrogens (primary N) is 1. The molecule has 0 aromatic carbocycles. The molecule has 96 valence electrons. The number of carboxylic acid groups (broad SMARTS) is 2. The van der Waals surface area contributed by atoms with E-state index in [2.05, 4.69) is 0 Å². The van der Waals surface area contributed by atoms with Gasteiger partial charge in [0.25, 0.3) is 10.1 Å². The Hall–Kier alpha value is -1.23. The average molecular weight is 259 g/mol. The number of hydrogen-bond donors (Lipinski definition) is 5. The highest BCUT2D eigenvalue weighted by Crippen LogP contribution is 2.04. The molecule has 0 heterocycles. The van der Waals surface area contributed by atoms with Crippen molar-refractivity contribution < 1.29 is 37.9 Å². The predicted molar refractivity (Wildman–Crippen MR) is 51.4 cm³/mol. The summed E-state index contributed by atoms with van der Waals surface area (Å²) in [5, 5.41) is 21.7. The topological polar surface area (TPSA) is 175 Å². The fourth-order valence-electron chi connectivity index (χ4n) is 0.479. The third-order valence-electron chi connectivity index (χ3n) is 1.12. The standard InChI is InChI=1S/C4H6O7S.C2H7NO/c5-3(6)1-2(4(7)8)12(9,10)11;3-1-2-4/h2H,1H2,(H,5,6)(H,7,8)(H,9,10,11);4H,1-3H2. The van der Waals surface area contributed by atoms with E-state index in [9.17, 15) is 18.0 Å². The Morgan fingerprint density at radius 1 is 1.25 bits per heavy atom. The van der Waals surface area contributed by atoms with Crippen LogP contribution in [0.4, 0.5) is 0 Å². The van der Waals surface area contributed by atoms with Gasteiger partial charge in [-0.15, -0.1) is 0 Å². The minimum atomic E-state index is -4.84. The summed E-state index contributed by atoms with van der Waals surface area (Å²) in [4.78, 5) is 20.0. The summed E-state index contributed by atoms with van der Waals surface area (Å²) in [5.41, 5.74) is 4.78. The average Bonchev–Trinajstić information content (AvgIpc) is 2.12. The van der Waals surface area contributed by atoms with Crippen LogP contribution in [0.3, 0.4) is 0 Å². The molecule has 1 atom stereocenters. The maximum Gasteiger partial charge on any atom is 0.325 e. The highest BCUT2D eigenvalue weighted by molar-refractivity contribution is 7.87. The van der Waals surface area contributed by atoms with Crippen molar-refractivity contribution >= 4 is 22.1 Å². The molecular weight excluding hydrogens is 246 g/mol. The molecule has 0 aromatic heterocycles. The second-order valence-electron chi connectivity index (χ2n) is 2.45. The van der Waals surface area contributed by atoms with Gasteiger partial charge in [0.15, 0.2) is 5.25 Å². The third-order valence-corrected chi connectivity index (χ3v) is 2.21. The van der Waals surface area contributed by atoms with Gasteiger partial charge in [-0.25, -0.2) is 0 Å². The molecule has 0 spiro atoms. The first-order valence-corrected chi connectivity index (χ1v) is 5.39. The molecule has 0 fully saturated rings. The van der Waals surface area contributed by atoms with Crippen molar-refractivity contribution in [1.29, 1.82) is 0 Å². The lowest BCUT2D eigenvalue weighted by atomic mass is 10.3. The number of carboxylic acids is 2. The van der Waals surface area contributed by atoms with Gasteiger partial charge in [0.1, 0.15) is 0 Å². The molecular formula is C6H13NO8S. The monoisotopic (exact) mass is 259 g/mol. The van der Waals surface area contributed by atoms with Crippen LogP contribution in [0.5, 0.6) is 0 Å². The van der Waals surface area contributed by atoms with E-state index < -0.39 is 33.7 Å². The molecule has 0 radical (unpaired) electrons. The zero-order valence-electron chi connectivity index (χ0n) is 8.11. The van der Waals surface area contributed by atoms with Gasteiger partial charge < -0.3 is 21.1 Å². The van der Waals surface area contributed by atoms with E-state index >= 15 is 0 Å². The molecule has 0 amide bonds. The predicted octanol–water partition coefficient (Wildman–Crippen LogP) is -2.26. The van der Waals surface area contributed by atoms with Gasteiger partial charge in [0, 0.05) is 6.54 Å². The van der Waals surface area contributed by atoms with Gasteiger partial charge in [0.2, 0.25) is 0 Å². The molecule has 0 aliphatic heterocycles. The number of rotatable bonds is 5. The van der Waals surface area contributed by atoms with Crippen LogP contribution >= 0.6 is 0 Å². The first-order valence-electron chi connectivity index (χ1n) is 3.88. The van der Waals surface area contributed by atoms with E-state index in [4.69, 9.17) is 25.6 Å². The summed E-state index contributed by atoms with van der Waals surface area (Å²) in [7, 11) is -4.84. The van der Waals surface area contributed by atoms with E-state index in [1.165, 1.54) is 0 Å². The summed E-state index contributed by atoms with van der Waals surface area (Å²) in [6.07, 6.45) is -1.16. The molecule has 1 unspecified atom stereocenters. The van der Waals surface area contributed by atoms with Crippen molar-refractivity contribution in [2.24, 2.45) is 5.73 Å². The molecule has 0 aromatic rings. The summed E-state index contributed by atoms with van der Waals surface area (Å²) >= 11 is 0. The quantitative estimate of drug-likeness (QED) is 0.341. The number of aliphatic hydroxyl groups is 1. The minimum Gasteiger partial charge on any atom is -0.481 e. The molecule has 0 saturated heterocycles. The van der Waals surface area contributed by atoms with Gasteiger partial charge in [-0.3, -0.25) is 14.1 Å². The fourth-order valence-corrected chi connectivity index (χ4v) is 1.09. The zero-order chi connectivity index (χ0) is 13.4. The molecule has 0 saturated carbocycles. The van der Waals surface area contributed by atoms with Crippen LogP contribution in [0.2, 0.25) is 0 Å². The van der Waals surface area contributed by atoms with Crippen molar-refractivity contribution in [1.82, 2.24) is 0 Å². The second kappa shape index (κ2) is 7.98. The van der Waals surface area contributed by atoms with Crippen molar-refractivity contribution in [3.8, 4) is 0 Å². The minimum absolute atomic E-state index is 0.0972. The van der Waals surface area contributed by atoms with Crippen molar-refractivity contribution in [3.05, 3.63) is 0 Å². The van der Waals surface area contributed by atoms with Crippen LogP contribution in [0.1, 0.15) is 6.42 Å². The van der Waals surface area contributed by atoms with E-state index in [1.54, 1.807) is 0 Å². The molecule has 0 aliphatic carbocycles. The number of aliphatic hydroxyl groups excluding tert-OH is 1. The molecule has 6 N–H and O–H groups in total. The Balaban J connectivity index is 0. The third kappa shape index (κ3) is 9.33. The van der Waals surface area contributed by atoms with Crippen LogP contribution in [-0.2, 0) is 19.7 Å². The Kier molecular flexibility index (Phi) is 8.57. The van der Waals surface area contributed by atoms with Gasteiger partial charge in [-0.2, -0.15) is 8.42 Å². The Morgan fingerprint density at radius 2 is 1.62 bits per heavy atom. The maximum absolute atomic E-state index is 10.2. The van der Waals surface area contributed by atoms with Crippen molar-refractivity contribution in [2.75, 3.05) is 13.2 Å². The highest BCUT2D eigenvalue weighted by Gasteiger charge is 2.33. The van der Waals surface area contributed by atoms with Crippen LogP contribution in [0, 0.1) is 0 Å². The summed E-state index contributed by atoms with van der Waals surface area (Å²) in [6, 6.07) is 0. The smallest absolute Gasteiger partial charge is 0.325 e. The van der Waals surface area contributed by atoms with Crippen LogP contribution in [0.25, 0.3) is 0 Å². The van der Waals surface area contributed by atoms with E-state index in [0.29, 0.717) is 6.54 Å². The van der Waals surface area contributed by atoms with Crippen LogP contribution in [-0.4, -0.2) is 58.6 Å². The van der Waals surface area contributed by atoms with Crippen LogP contribution < -0.4 is 5.73 Å². The lowest BCUT2D eigenvalue weighted by Crippen LogP contribution is -2.31. The maximum atomic E-state index is 10.2. The van der Waals surface area contributed by atoms with Crippen molar-refractivity contribution in [3.63, 3.8) is 0 Å². The Labute approximate surface area is 91.2 Å². The SMILES string of the molecule is NCCO.O=C(O)CC(C(=O)O)S(=O)(=O)O. The van der Waals surface area contributed by atoms with E-state index in [-0.39, 0.29) is 6.61 Å². The Morgan fingerprint density at radius 3 is 1.69 bits per heavy atom. The molecule has 16 heavy (non-hydrogen) atoms. The zero-order valence-corrected chi connectivity index (χ0v) is 8.92. The molecule has 0 rings (SSSR count). The van der Waals surface area contributed by atoms with E-state index in [0.717, 1.165) is 0 Å². The molecule has 0 aliphatic rings. The second-order valence-corrected chi connectivity index (χ2v) is 4.05. The van der Waals surface area contributed by atoms with Gasteiger partial charge in [-0.1, -0.05) is 0 Å².